The van der Waals surface area contributed by atoms with Crippen molar-refractivity contribution in [1.29, 1.82) is 0 Å². The largest absolute Gasteiger partial charge is 0.414 e. The minimum Gasteiger partial charge on any atom is -0.414 e. The maximum atomic E-state index is 14.5. The third-order valence-corrected chi connectivity index (χ3v) is 23.1. The summed E-state index contributed by atoms with van der Waals surface area (Å²) in [7, 11) is 2.54. The molecule has 81 heavy (non-hydrogen) atoms. The standard InChI is InChI=1S/C35H56N6O2Si.C29H42N6O2/c1-8-9-18-36-34-37-24-31-29-17-16-26(25-40-21-19-39(5)20-22-40)23-30(29)33(42)41(32(31)38-34)27-12-10-14-28(15-11-13-27)43-44(6,7)35(2,3)4;1-3-4-13-30-29-31-19-26-24-12-11-21(20-34-16-14-33(2)15-17-34)18-25(24)28(37)35(27(26)32-29)22-7-5-9-23(36)10-6-8-22/h16-17,23-24,27-28H,8-15,18-22,25H2,1-7H3,(H,36,37,38);11-12,18-19,22-23,36H,3-10,13-17,20H2,1-2H3,(H,30,31,32). The van der Waals surface area contributed by atoms with Crippen LogP contribution in [0.1, 0.15) is 161 Å². The molecule has 4 fully saturated rings. The van der Waals surface area contributed by atoms with Crippen LogP contribution in [0.4, 0.5) is 11.9 Å². The van der Waals surface area contributed by atoms with Crippen molar-refractivity contribution in [3.8, 4) is 0 Å². The molecule has 6 aromatic rings. The zero-order chi connectivity index (χ0) is 57.3. The number of likely N-dealkylation sites (N-methyl/N-ethyl adjacent to an activating group) is 2. The topological polar surface area (TPSA) is 162 Å². The van der Waals surface area contributed by atoms with Gasteiger partial charge in [0.1, 0.15) is 11.3 Å². The maximum absolute atomic E-state index is 14.5. The van der Waals surface area contributed by atoms with Gasteiger partial charge in [0.2, 0.25) is 11.9 Å². The van der Waals surface area contributed by atoms with Crippen molar-refractivity contribution < 1.29 is 9.53 Å². The first kappa shape index (κ1) is 60.7. The second kappa shape index (κ2) is 27.7. The number of piperazine rings is 2. The SMILES string of the molecule is CCCCNc1ncc2c3ccc(CN4CCN(C)CC4)cc3c(=O)n(C3CCCC(O)CCC3)c2n1.CCCCNc1ncc2c3ccc(CN4CCN(C)CC4)cc3c(=O)n(C3CCCC(O[Si](C)(C)C(C)(C)C)CCC3)c2n1. The monoisotopic (exact) mass is 1130 g/mol. The quantitative estimate of drug-likeness (QED) is 0.0477. The van der Waals surface area contributed by atoms with Crippen molar-refractivity contribution in [2.45, 2.75) is 193 Å². The number of anilines is 2. The number of aromatic nitrogens is 6. The van der Waals surface area contributed by atoms with E-state index in [1.807, 2.05) is 21.5 Å². The Kier molecular flexibility index (Phi) is 20.7. The predicted octanol–water partition coefficient (Wildman–Crippen LogP) is 11.4. The minimum atomic E-state index is -1.82. The molecular formula is C64H98N12O4Si. The van der Waals surface area contributed by atoms with E-state index < -0.39 is 8.32 Å². The summed E-state index contributed by atoms with van der Waals surface area (Å²) in [6, 6.07) is 13.0. The third kappa shape index (κ3) is 15.1. The predicted molar refractivity (Wildman–Crippen MR) is 337 cm³/mol. The van der Waals surface area contributed by atoms with E-state index in [4.69, 9.17) is 19.4 Å². The molecule has 442 valence electrons. The van der Waals surface area contributed by atoms with E-state index >= 15 is 0 Å². The Hall–Kier alpha value is -4.88. The van der Waals surface area contributed by atoms with Gasteiger partial charge in [0.15, 0.2) is 8.32 Å². The van der Waals surface area contributed by atoms with Crippen LogP contribution in [0.2, 0.25) is 18.1 Å². The highest BCUT2D eigenvalue weighted by Crippen LogP contribution is 2.40. The van der Waals surface area contributed by atoms with Gasteiger partial charge in [-0.05, 0) is 156 Å². The third-order valence-electron chi connectivity index (χ3n) is 18.5. The second-order valence-corrected chi connectivity index (χ2v) is 30.6. The molecule has 2 saturated heterocycles. The Morgan fingerprint density at radius 1 is 0.580 bits per heavy atom. The number of rotatable bonds is 16. The average molecular weight is 1130 g/mol. The number of benzene rings is 2. The van der Waals surface area contributed by atoms with E-state index in [1.54, 1.807) is 0 Å². The Morgan fingerprint density at radius 3 is 1.38 bits per heavy atom. The van der Waals surface area contributed by atoms with Crippen LogP contribution in [-0.4, -0.2) is 154 Å². The van der Waals surface area contributed by atoms with Crippen LogP contribution in [0.5, 0.6) is 0 Å². The molecule has 0 atom stereocenters. The van der Waals surface area contributed by atoms with Crippen molar-refractivity contribution >= 4 is 63.8 Å². The van der Waals surface area contributed by atoms with Gasteiger partial charge in [-0.25, -0.2) is 9.97 Å². The Morgan fingerprint density at radius 2 is 0.988 bits per heavy atom. The zero-order valence-electron chi connectivity index (χ0n) is 50.9. The first-order valence-corrected chi connectivity index (χ1v) is 34.2. The summed E-state index contributed by atoms with van der Waals surface area (Å²) >= 11 is 0. The van der Waals surface area contributed by atoms with E-state index in [1.165, 1.54) is 11.1 Å². The summed E-state index contributed by atoms with van der Waals surface area (Å²) in [5.74, 6) is 1.19. The van der Waals surface area contributed by atoms with Crippen molar-refractivity contribution in [2.75, 3.05) is 90.2 Å². The lowest BCUT2D eigenvalue weighted by molar-refractivity contribution is 0.134. The molecule has 0 amide bonds. The van der Waals surface area contributed by atoms with Crippen LogP contribution in [0.3, 0.4) is 0 Å². The number of hydrogen-bond acceptors (Lipinski definition) is 14. The van der Waals surface area contributed by atoms with Crippen LogP contribution in [0.25, 0.3) is 43.6 Å². The summed E-state index contributed by atoms with van der Waals surface area (Å²) in [6.07, 6.45) is 19.5. The highest BCUT2D eigenvalue weighted by Gasteiger charge is 2.39. The minimum absolute atomic E-state index is 0.0482. The van der Waals surface area contributed by atoms with E-state index in [-0.39, 0.29) is 34.3 Å². The smallest absolute Gasteiger partial charge is 0.260 e. The lowest BCUT2D eigenvalue weighted by Gasteiger charge is -2.40. The van der Waals surface area contributed by atoms with Crippen molar-refractivity contribution in [3.63, 3.8) is 0 Å². The number of unbranched alkanes of at least 4 members (excludes halogenated alkanes) is 2. The van der Waals surface area contributed by atoms with Crippen LogP contribution < -0.4 is 21.8 Å². The molecule has 0 bridgehead atoms. The lowest BCUT2D eigenvalue weighted by atomic mass is 9.94. The van der Waals surface area contributed by atoms with Crippen molar-refractivity contribution in [2.24, 2.45) is 0 Å². The summed E-state index contributed by atoms with van der Waals surface area (Å²) < 4.78 is 10.9. The molecule has 0 radical (unpaired) electrons. The summed E-state index contributed by atoms with van der Waals surface area (Å²) in [5.41, 5.74) is 4.01. The fraction of sp³-hybridized carbons (Fsp3) is 0.656. The number of nitrogens with zero attached hydrogens (tertiary/aromatic N) is 10. The highest BCUT2D eigenvalue weighted by atomic mass is 28.4. The first-order chi connectivity index (χ1) is 39.0. The summed E-state index contributed by atoms with van der Waals surface area (Å²) in [5, 5.41) is 22.4. The molecule has 2 aromatic carbocycles. The van der Waals surface area contributed by atoms with Crippen LogP contribution in [0.15, 0.2) is 58.4 Å². The fourth-order valence-corrected chi connectivity index (χ4v) is 13.8. The van der Waals surface area contributed by atoms with Gasteiger partial charge in [0.05, 0.1) is 6.10 Å². The lowest BCUT2D eigenvalue weighted by Crippen LogP contribution is -2.44. The Labute approximate surface area is 483 Å². The van der Waals surface area contributed by atoms with E-state index in [0.717, 1.165) is 225 Å². The highest BCUT2D eigenvalue weighted by molar-refractivity contribution is 6.74. The van der Waals surface area contributed by atoms with Crippen LogP contribution >= 0.6 is 0 Å². The molecule has 10 rings (SSSR count). The zero-order valence-corrected chi connectivity index (χ0v) is 51.9. The molecule has 2 aliphatic heterocycles. The molecular weight excluding hydrogens is 1030 g/mol. The van der Waals surface area contributed by atoms with Crippen LogP contribution in [-0.2, 0) is 17.5 Å². The van der Waals surface area contributed by atoms with E-state index in [9.17, 15) is 14.7 Å². The van der Waals surface area contributed by atoms with Gasteiger partial charge in [-0.2, -0.15) is 9.97 Å². The number of pyridine rings is 2. The maximum Gasteiger partial charge on any atom is 0.260 e. The molecule has 16 nitrogen and oxygen atoms in total. The number of hydrogen-bond donors (Lipinski definition) is 3. The number of nitrogens with one attached hydrogen (secondary N) is 2. The van der Waals surface area contributed by atoms with Gasteiger partial charge < -0.3 is 30.0 Å². The molecule has 3 N–H and O–H groups in total. The second-order valence-electron chi connectivity index (χ2n) is 25.9. The van der Waals surface area contributed by atoms with Crippen molar-refractivity contribution in [1.82, 2.24) is 48.7 Å². The normalized spacial score (nSPS) is 21.8. The van der Waals surface area contributed by atoms with Gasteiger partial charge in [-0.3, -0.25) is 28.5 Å². The molecule has 0 unspecified atom stereocenters. The molecule has 4 aliphatic rings. The fourth-order valence-electron chi connectivity index (χ4n) is 12.4. The van der Waals surface area contributed by atoms with Gasteiger partial charge in [0, 0.05) is 131 Å². The number of aliphatic hydroxyl groups is 1. The van der Waals surface area contributed by atoms with E-state index in [0.29, 0.717) is 18.0 Å². The summed E-state index contributed by atoms with van der Waals surface area (Å²) in [4.78, 5) is 57.6. The van der Waals surface area contributed by atoms with E-state index in [2.05, 4.69) is 133 Å². The Bertz CT molecular complexity index is 3140. The van der Waals surface area contributed by atoms with Gasteiger partial charge in [0.25, 0.3) is 11.1 Å². The van der Waals surface area contributed by atoms with Crippen LogP contribution in [0, 0.1) is 0 Å². The number of fused-ring (bicyclic) bond motifs is 6. The first-order valence-electron chi connectivity index (χ1n) is 31.3. The summed E-state index contributed by atoms with van der Waals surface area (Å²) in [6.45, 7) is 27.9. The molecule has 2 aliphatic carbocycles. The van der Waals surface area contributed by atoms with Gasteiger partial charge >= 0.3 is 0 Å². The molecule has 17 heteroatoms. The van der Waals surface area contributed by atoms with Gasteiger partial charge in [-0.15, -0.1) is 0 Å². The molecule has 6 heterocycles. The molecule has 4 aromatic heterocycles. The average Bonchev–Trinajstić information content (AvgIpc) is 3.45. The Balaban J connectivity index is 0.000000198. The van der Waals surface area contributed by atoms with Crippen molar-refractivity contribution in [3.05, 3.63) is 80.6 Å². The molecule has 2 saturated carbocycles. The molecule has 0 spiro atoms. The van der Waals surface area contributed by atoms with Gasteiger partial charge in [-0.1, -0.05) is 71.7 Å². The number of aliphatic hydroxyl groups excluding tert-OH is 1.